The van der Waals surface area contributed by atoms with E-state index in [-0.39, 0.29) is 21.1 Å². The number of hydrogen-bond donors (Lipinski definition) is 0. The Morgan fingerprint density at radius 1 is 0.538 bits per heavy atom. The molecule has 0 aliphatic rings. The average molecular weight is 416 g/mol. The SMILES string of the molecule is N#C[S-].N#C[S-].N#C[S-].N#C[S-].[W+4]. The zero-order valence-corrected chi connectivity index (χ0v) is 12.0. The van der Waals surface area contributed by atoms with Crippen molar-refractivity contribution in [2.45, 2.75) is 0 Å². The van der Waals surface area contributed by atoms with Crippen molar-refractivity contribution in [1.82, 2.24) is 0 Å². The smallest absolute Gasteiger partial charge is 0.696 e. The molecule has 0 radical (unpaired) electrons. The van der Waals surface area contributed by atoms with Crippen molar-refractivity contribution < 1.29 is 21.1 Å². The van der Waals surface area contributed by atoms with E-state index < -0.39 is 0 Å². The molecule has 0 rings (SSSR count). The van der Waals surface area contributed by atoms with E-state index in [2.05, 4.69) is 50.5 Å². The van der Waals surface area contributed by atoms with Crippen LogP contribution in [0.15, 0.2) is 0 Å². The second kappa shape index (κ2) is 103. The molecule has 0 amide bonds. The third-order valence-corrected chi connectivity index (χ3v) is 0. The Morgan fingerprint density at radius 2 is 0.538 bits per heavy atom. The normalized spacial score (nSPS) is 2.15. The molecule has 0 unspecified atom stereocenters. The topological polar surface area (TPSA) is 95.2 Å². The molecule has 0 saturated carbocycles. The van der Waals surface area contributed by atoms with E-state index >= 15 is 0 Å². The number of nitriles is 4. The van der Waals surface area contributed by atoms with Crippen LogP contribution in [0.4, 0.5) is 0 Å². The minimum absolute atomic E-state index is 0. The molecule has 0 spiro atoms. The maximum Gasteiger partial charge on any atom is 4.00 e. The van der Waals surface area contributed by atoms with E-state index in [0.717, 1.165) is 0 Å². The Bertz CT molecular complexity index is 158. The molecule has 13 heavy (non-hydrogen) atoms. The van der Waals surface area contributed by atoms with Crippen LogP contribution >= 0.6 is 0 Å². The van der Waals surface area contributed by atoms with Gasteiger partial charge in [-0.2, -0.15) is 0 Å². The summed E-state index contributed by atoms with van der Waals surface area (Å²) in [6.07, 6.45) is 0. The van der Waals surface area contributed by atoms with Crippen LogP contribution in [0.5, 0.6) is 0 Å². The molecule has 0 aromatic rings. The van der Waals surface area contributed by atoms with Gasteiger partial charge >= 0.3 is 21.1 Å². The molecule has 9 heteroatoms. The molecule has 66 valence electrons. The van der Waals surface area contributed by atoms with Gasteiger partial charge in [0.25, 0.3) is 0 Å². The molecule has 0 aromatic carbocycles. The van der Waals surface area contributed by atoms with Gasteiger partial charge in [-0.3, -0.25) is 0 Å². The zero-order chi connectivity index (χ0) is 10.8. The van der Waals surface area contributed by atoms with Gasteiger partial charge in [-0.15, -0.1) is 0 Å². The summed E-state index contributed by atoms with van der Waals surface area (Å²) >= 11 is 14.8. The van der Waals surface area contributed by atoms with E-state index in [4.69, 9.17) is 21.0 Å². The first-order valence-electron chi connectivity index (χ1n) is 1.71. The van der Waals surface area contributed by atoms with Gasteiger partial charge in [0.1, 0.15) is 0 Å². The van der Waals surface area contributed by atoms with Gasteiger partial charge in [0.2, 0.25) is 0 Å². The quantitative estimate of drug-likeness (QED) is 0.404. The van der Waals surface area contributed by atoms with Crippen molar-refractivity contribution in [2.24, 2.45) is 0 Å². The summed E-state index contributed by atoms with van der Waals surface area (Å²) in [7, 11) is 0. The predicted octanol–water partition coefficient (Wildman–Crippen LogP) is 0.0550. The molecule has 0 fully saturated rings. The van der Waals surface area contributed by atoms with Gasteiger partial charge in [0.15, 0.2) is 0 Å². The maximum atomic E-state index is 7.13. The van der Waals surface area contributed by atoms with Crippen LogP contribution in [-0.4, -0.2) is 0 Å². The van der Waals surface area contributed by atoms with Crippen molar-refractivity contribution >= 4 is 50.5 Å². The number of rotatable bonds is 0. The zero-order valence-electron chi connectivity index (χ0n) is 5.83. The molecule has 0 heterocycles. The van der Waals surface area contributed by atoms with Crippen LogP contribution in [-0.2, 0) is 71.6 Å². The molecule has 0 aliphatic carbocycles. The van der Waals surface area contributed by atoms with Crippen LogP contribution in [0.3, 0.4) is 0 Å². The van der Waals surface area contributed by atoms with Gasteiger partial charge in [-0.05, 0) is 0 Å². The first-order valence-corrected chi connectivity index (χ1v) is 3.34. The molecule has 0 saturated heterocycles. The van der Waals surface area contributed by atoms with Crippen LogP contribution < -0.4 is 0 Å². The summed E-state index contributed by atoms with van der Waals surface area (Å²) in [5, 5.41) is 33.9. The van der Waals surface area contributed by atoms with Crippen molar-refractivity contribution in [3.05, 3.63) is 0 Å². The predicted molar refractivity (Wildman–Crippen MR) is 51.9 cm³/mol. The van der Waals surface area contributed by atoms with E-state index in [0.29, 0.717) is 0 Å². The van der Waals surface area contributed by atoms with Crippen molar-refractivity contribution in [1.29, 1.82) is 21.0 Å². The van der Waals surface area contributed by atoms with Crippen LogP contribution in [0.25, 0.3) is 0 Å². The summed E-state index contributed by atoms with van der Waals surface area (Å²) in [6, 6.07) is 0. The third kappa shape index (κ3) is 4700. The summed E-state index contributed by atoms with van der Waals surface area (Å²) < 4.78 is 0. The van der Waals surface area contributed by atoms with Crippen molar-refractivity contribution in [3.8, 4) is 21.6 Å². The van der Waals surface area contributed by atoms with E-state index in [1.165, 1.54) is 21.6 Å². The van der Waals surface area contributed by atoms with Gasteiger partial charge in [-0.1, -0.05) is 21.6 Å². The molecular weight excluding hydrogens is 416 g/mol. The first kappa shape index (κ1) is 29.4. The van der Waals surface area contributed by atoms with Crippen LogP contribution in [0, 0.1) is 42.7 Å². The largest absolute Gasteiger partial charge is 4.00 e. The van der Waals surface area contributed by atoms with Crippen molar-refractivity contribution in [2.75, 3.05) is 0 Å². The summed E-state index contributed by atoms with van der Waals surface area (Å²) in [6.45, 7) is 0. The number of thiocyanates is 4. The molecule has 0 N–H and O–H groups in total. The Labute approximate surface area is 113 Å². The standard InChI is InChI=1S/4CHNS.W/c4*2-1-3;/h4*3H;/q;;;;+4/p-4. The summed E-state index contributed by atoms with van der Waals surface area (Å²) in [5.74, 6) is 0. The fourth-order valence-electron chi connectivity index (χ4n) is 0. The van der Waals surface area contributed by atoms with E-state index in [1.807, 2.05) is 0 Å². The Kier molecular flexibility index (Phi) is 232. The minimum atomic E-state index is 0. The molecule has 0 aliphatic heterocycles. The molecule has 0 aromatic heterocycles. The number of hydrogen-bond acceptors (Lipinski definition) is 8. The van der Waals surface area contributed by atoms with Gasteiger partial charge < -0.3 is 50.5 Å². The Balaban J connectivity index is -0.0000000213. The van der Waals surface area contributed by atoms with E-state index in [1.54, 1.807) is 0 Å². The van der Waals surface area contributed by atoms with Gasteiger partial charge in [0.05, 0.1) is 0 Å². The number of nitrogens with zero attached hydrogens (tertiary/aromatic N) is 4. The third-order valence-electron chi connectivity index (χ3n) is 0. The molecule has 4 nitrogen and oxygen atoms in total. The van der Waals surface area contributed by atoms with Gasteiger partial charge in [-0.25, -0.2) is 21.0 Å². The monoisotopic (exact) mass is 416 g/mol. The minimum Gasteiger partial charge on any atom is -0.696 e. The average Bonchev–Trinajstić information content (AvgIpc) is 1.92. The van der Waals surface area contributed by atoms with Crippen LogP contribution in [0.1, 0.15) is 0 Å². The second-order valence-corrected chi connectivity index (χ2v) is 1.10. The summed E-state index contributed by atoms with van der Waals surface area (Å²) in [5.41, 5.74) is 0. The Hall–Kier alpha value is -0.472. The maximum absolute atomic E-state index is 7.13. The van der Waals surface area contributed by atoms with E-state index in [9.17, 15) is 0 Å². The molecule has 0 atom stereocenters. The molecule has 0 bridgehead atoms. The first-order chi connectivity index (χ1) is 5.66. The van der Waals surface area contributed by atoms with Crippen LogP contribution in [0.2, 0.25) is 0 Å². The van der Waals surface area contributed by atoms with Crippen molar-refractivity contribution in [3.63, 3.8) is 0 Å². The second-order valence-electron chi connectivity index (χ2n) is 0.365. The van der Waals surface area contributed by atoms with Gasteiger partial charge in [0, 0.05) is 0 Å². The summed E-state index contributed by atoms with van der Waals surface area (Å²) in [4.78, 5) is 0. The fraction of sp³-hybridized carbons (Fsp3) is 0. The fourth-order valence-corrected chi connectivity index (χ4v) is 0. The Morgan fingerprint density at radius 3 is 0.538 bits per heavy atom. The molecular formula is C4N4S4W.